The minimum absolute atomic E-state index is 0. The van der Waals surface area contributed by atoms with Crippen LogP contribution in [0.2, 0.25) is 0 Å². The minimum atomic E-state index is -4.41. The molecule has 0 spiro atoms. The maximum absolute atomic E-state index is 11.6. The van der Waals surface area contributed by atoms with E-state index in [0.29, 0.717) is 17.9 Å². The number of aryl methyl sites for hydroxylation is 1. The molecule has 0 radical (unpaired) electrons. The molecule has 0 bridgehead atoms. The summed E-state index contributed by atoms with van der Waals surface area (Å²) in [5, 5.41) is 0. The van der Waals surface area contributed by atoms with Gasteiger partial charge in [-0.1, -0.05) is 58.6 Å². The number of rotatable bonds is 10. The second kappa shape index (κ2) is 11.6. The quantitative estimate of drug-likeness (QED) is 0.480. The molecule has 1 unspecified atom stereocenters. The Labute approximate surface area is 164 Å². The first-order valence-corrected chi connectivity index (χ1v) is 9.93. The van der Waals surface area contributed by atoms with Gasteiger partial charge >= 0.3 is 29.6 Å². The molecule has 1 aromatic carbocycles. The maximum atomic E-state index is 11.6. The van der Waals surface area contributed by atoms with Crippen molar-refractivity contribution < 1.29 is 42.5 Å². The Bertz CT molecular complexity index is 555. The summed E-state index contributed by atoms with van der Waals surface area (Å²) < 4.78 is 34.8. The summed E-state index contributed by atoms with van der Waals surface area (Å²) in [5.74, 6) is 0.352. The number of hydrogen-bond acceptors (Lipinski definition) is 3. The van der Waals surface area contributed by atoms with Crippen molar-refractivity contribution in [3.63, 3.8) is 0 Å². The van der Waals surface area contributed by atoms with Gasteiger partial charge in [0.05, 0.1) is 4.90 Å². The predicted octanol–water partition coefficient (Wildman–Crippen LogP) is 2.01. The average Bonchev–Trinajstić information content (AvgIpc) is 2.48. The van der Waals surface area contributed by atoms with Crippen molar-refractivity contribution in [2.75, 3.05) is 0 Å². The van der Waals surface area contributed by atoms with Gasteiger partial charge in [0.15, 0.2) is 0 Å². The van der Waals surface area contributed by atoms with Crippen molar-refractivity contribution >= 4 is 10.1 Å². The Morgan fingerprint density at radius 1 is 1.00 bits per heavy atom. The van der Waals surface area contributed by atoms with E-state index < -0.39 is 10.1 Å². The molecule has 23 heavy (non-hydrogen) atoms. The van der Waals surface area contributed by atoms with Crippen LogP contribution in [0.1, 0.15) is 82.8 Å². The van der Waals surface area contributed by atoms with E-state index in [1.165, 1.54) is 0 Å². The first kappa shape index (κ1) is 23.1. The van der Waals surface area contributed by atoms with Gasteiger partial charge in [0.1, 0.15) is 10.1 Å². The molecule has 0 N–H and O–H groups in total. The van der Waals surface area contributed by atoms with Gasteiger partial charge in [-0.3, -0.25) is 0 Å². The molecule has 0 aliphatic carbocycles. The van der Waals surface area contributed by atoms with Crippen LogP contribution in [0.5, 0.6) is 0 Å². The van der Waals surface area contributed by atoms with Crippen LogP contribution >= 0.6 is 0 Å². The summed E-state index contributed by atoms with van der Waals surface area (Å²) in [6.07, 6.45) is 7.93. The van der Waals surface area contributed by atoms with Crippen LogP contribution in [0.3, 0.4) is 0 Å². The van der Waals surface area contributed by atoms with Crippen LogP contribution in [0.15, 0.2) is 23.1 Å². The molecule has 126 valence electrons. The third-order valence-electron chi connectivity index (χ3n) is 4.17. The molecule has 0 fully saturated rings. The van der Waals surface area contributed by atoms with E-state index in [4.69, 9.17) is 0 Å². The van der Waals surface area contributed by atoms with Gasteiger partial charge in [-0.15, -0.1) is 0 Å². The second-order valence-corrected chi connectivity index (χ2v) is 7.40. The molecule has 0 saturated heterocycles. The van der Waals surface area contributed by atoms with E-state index in [1.807, 2.05) is 12.1 Å². The number of unbranched alkanes of at least 4 members (excludes halogenated alkanes) is 2. The van der Waals surface area contributed by atoms with Gasteiger partial charge in [0, 0.05) is 0 Å². The van der Waals surface area contributed by atoms with Gasteiger partial charge in [-0.05, 0) is 48.8 Å². The van der Waals surface area contributed by atoms with E-state index in [-0.39, 0.29) is 34.5 Å². The molecule has 3 nitrogen and oxygen atoms in total. The predicted molar refractivity (Wildman–Crippen MR) is 90.2 cm³/mol. The van der Waals surface area contributed by atoms with E-state index >= 15 is 0 Å². The van der Waals surface area contributed by atoms with Crippen molar-refractivity contribution in [2.24, 2.45) is 0 Å². The fourth-order valence-corrected chi connectivity index (χ4v) is 3.68. The monoisotopic (exact) mass is 348 g/mol. The molecule has 1 rings (SSSR count). The SMILES string of the molecule is CCCCc1ccc(C(CCC)CCCC)cc1S(=O)(=O)[O-].[Na+]. The molecule has 0 aliphatic heterocycles. The normalized spacial score (nSPS) is 12.7. The molecule has 1 atom stereocenters. The first-order valence-electron chi connectivity index (χ1n) is 8.52. The zero-order valence-corrected chi connectivity index (χ0v) is 17.9. The Morgan fingerprint density at radius 2 is 1.65 bits per heavy atom. The van der Waals surface area contributed by atoms with Crippen molar-refractivity contribution in [1.29, 1.82) is 0 Å². The van der Waals surface area contributed by atoms with Crippen LogP contribution < -0.4 is 29.6 Å². The maximum Gasteiger partial charge on any atom is 1.00 e. The third-order valence-corrected chi connectivity index (χ3v) is 5.09. The van der Waals surface area contributed by atoms with Gasteiger partial charge < -0.3 is 4.55 Å². The van der Waals surface area contributed by atoms with Crippen molar-refractivity contribution in [3.8, 4) is 0 Å². The van der Waals surface area contributed by atoms with Gasteiger partial charge in [-0.25, -0.2) is 8.42 Å². The zero-order chi connectivity index (χ0) is 16.6. The number of hydrogen-bond donors (Lipinski definition) is 0. The Balaban J connectivity index is 0.00000484. The van der Waals surface area contributed by atoms with Crippen molar-refractivity contribution in [2.45, 2.75) is 83.0 Å². The molecule has 0 heterocycles. The fourth-order valence-electron chi connectivity index (χ4n) is 2.91. The molecule has 0 amide bonds. The Kier molecular flexibility index (Phi) is 11.7. The van der Waals surface area contributed by atoms with Gasteiger partial charge in [0.2, 0.25) is 0 Å². The topological polar surface area (TPSA) is 57.2 Å². The third kappa shape index (κ3) is 7.70. The Hall–Kier alpha value is 0.130. The van der Waals surface area contributed by atoms with Crippen LogP contribution in [-0.4, -0.2) is 13.0 Å². The molecular weight excluding hydrogens is 319 g/mol. The largest absolute Gasteiger partial charge is 1.00 e. The van der Waals surface area contributed by atoms with Crippen LogP contribution in [0, 0.1) is 0 Å². The van der Waals surface area contributed by atoms with Crippen LogP contribution in [0.25, 0.3) is 0 Å². The summed E-state index contributed by atoms with van der Waals surface area (Å²) in [4.78, 5) is -0.00366. The van der Waals surface area contributed by atoms with Crippen LogP contribution in [-0.2, 0) is 16.5 Å². The second-order valence-electron chi connectivity index (χ2n) is 6.05. The summed E-state index contributed by atoms with van der Waals surface area (Å²) >= 11 is 0. The van der Waals surface area contributed by atoms with Gasteiger partial charge in [0.25, 0.3) is 0 Å². The molecule has 1 aromatic rings. The van der Waals surface area contributed by atoms with Crippen molar-refractivity contribution in [1.82, 2.24) is 0 Å². The first-order chi connectivity index (χ1) is 10.4. The Morgan fingerprint density at radius 3 is 2.17 bits per heavy atom. The van der Waals surface area contributed by atoms with Crippen molar-refractivity contribution in [3.05, 3.63) is 29.3 Å². The summed E-state index contributed by atoms with van der Waals surface area (Å²) in [5.41, 5.74) is 1.68. The molecular formula is C18H29NaO3S. The van der Waals surface area contributed by atoms with Crippen LogP contribution in [0.4, 0.5) is 0 Å². The van der Waals surface area contributed by atoms with E-state index in [9.17, 15) is 13.0 Å². The fraction of sp³-hybridized carbons (Fsp3) is 0.667. The molecule has 0 aliphatic rings. The van der Waals surface area contributed by atoms with Gasteiger partial charge in [-0.2, -0.15) is 0 Å². The molecule has 0 aromatic heterocycles. The number of benzene rings is 1. The molecule has 0 saturated carbocycles. The average molecular weight is 348 g/mol. The van der Waals surface area contributed by atoms with E-state index in [1.54, 1.807) is 6.07 Å². The minimum Gasteiger partial charge on any atom is -0.744 e. The zero-order valence-electron chi connectivity index (χ0n) is 15.1. The van der Waals surface area contributed by atoms with E-state index in [0.717, 1.165) is 50.5 Å². The standard InChI is InChI=1S/C18H30O3S.Na/c1-4-7-10-15(9-6-3)17-13-12-16(11-8-5-2)18(14-17)22(19,20)21;/h12-15H,4-11H2,1-3H3,(H,19,20,21);/q;+1/p-1. The summed E-state index contributed by atoms with van der Waals surface area (Å²) in [7, 11) is -4.41. The summed E-state index contributed by atoms with van der Waals surface area (Å²) in [6, 6.07) is 5.52. The summed E-state index contributed by atoms with van der Waals surface area (Å²) in [6.45, 7) is 6.35. The molecule has 5 heteroatoms. The smallest absolute Gasteiger partial charge is 0.744 e. The van der Waals surface area contributed by atoms with E-state index in [2.05, 4.69) is 20.8 Å².